The molecule has 1 aliphatic heterocycles. The van der Waals surface area contributed by atoms with Crippen molar-refractivity contribution in [3.63, 3.8) is 0 Å². The SMILES string of the molecule is CSCC1C[N]C(=O)C1. The maximum Gasteiger partial charge on any atom is 0.241 e. The first-order chi connectivity index (χ1) is 4.33. The molecular weight excluding hydrogens is 134 g/mol. The number of rotatable bonds is 2. The molecule has 0 bridgehead atoms. The monoisotopic (exact) mass is 144 g/mol. The van der Waals surface area contributed by atoms with Gasteiger partial charge in [0.1, 0.15) is 0 Å². The minimum atomic E-state index is 0.0917. The molecule has 9 heavy (non-hydrogen) atoms. The Labute approximate surface area is 59.4 Å². The van der Waals surface area contributed by atoms with Crippen LogP contribution in [0.3, 0.4) is 0 Å². The predicted octanol–water partition coefficient (Wildman–Crippen LogP) is 0.500. The second kappa shape index (κ2) is 3.11. The standard InChI is InChI=1S/C6H10NOS/c1-9-4-5-2-6(8)7-3-5/h5H,2-4H2,1H3. The van der Waals surface area contributed by atoms with Gasteiger partial charge in [-0.25, -0.2) is 0 Å². The molecule has 1 unspecified atom stereocenters. The molecule has 2 nitrogen and oxygen atoms in total. The van der Waals surface area contributed by atoms with Crippen LogP contribution in [0.5, 0.6) is 0 Å². The van der Waals surface area contributed by atoms with Gasteiger partial charge in [-0.3, -0.25) is 10.1 Å². The van der Waals surface area contributed by atoms with Crippen molar-refractivity contribution in [1.82, 2.24) is 5.32 Å². The van der Waals surface area contributed by atoms with Crippen molar-refractivity contribution in [3.8, 4) is 0 Å². The topological polar surface area (TPSA) is 31.2 Å². The number of carbonyl (C=O) groups is 1. The fourth-order valence-electron chi connectivity index (χ4n) is 0.954. The second-order valence-electron chi connectivity index (χ2n) is 2.26. The summed E-state index contributed by atoms with van der Waals surface area (Å²) in [5.41, 5.74) is 0. The van der Waals surface area contributed by atoms with Gasteiger partial charge in [0.15, 0.2) is 0 Å². The van der Waals surface area contributed by atoms with Crippen molar-refractivity contribution in [1.29, 1.82) is 0 Å². The first-order valence-electron chi connectivity index (χ1n) is 3.02. The molecule has 0 aliphatic carbocycles. The molecule has 0 N–H and O–H groups in total. The zero-order valence-corrected chi connectivity index (χ0v) is 6.28. The average molecular weight is 144 g/mol. The van der Waals surface area contributed by atoms with Crippen molar-refractivity contribution >= 4 is 17.7 Å². The highest BCUT2D eigenvalue weighted by atomic mass is 32.2. The third-order valence-corrected chi connectivity index (χ3v) is 2.20. The van der Waals surface area contributed by atoms with Gasteiger partial charge in [0, 0.05) is 13.0 Å². The summed E-state index contributed by atoms with van der Waals surface area (Å²) >= 11 is 1.79. The van der Waals surface area contributed by atoms with E-state index in [2.05, 4.69) is 11.6 Å². The minimum absolute atomic E-state index is 0.0917. The number of thioether (sulfide) groups is 1. The molecule has 1 heterocycles. The van der Waals surface area contributed by atoms with Crippen LogP contribution in [0, 0.1) is 5.92 Å². The van der Waals surface area contributed by atoms with Gasteiger partial charge in [0.05, 0.1) is 0 Å². The molecule has 1 aliphatic rings. The van der Waals surface area contributed by atoms with E-state index in [1.54, 1.807) is 11.8 Å². The van der Waals surface area contributed by atoms with Crippen LogP contribution < -0.4 is 5.32 Å². The second-order valence-corrected chi connectivity index (χ2v) is 3.17. The average Bonchev–Trinajstić information content (AvgIpc) is 2.17. The summed E-state index contributed by atoms with van der Waals surface area (Å²) in [5, 5.41) is 3.78. The van der Waals surface area contributed by atoms with Crippen LogP contribution in [-0.4, -0.2) is 24.5 Å². The Morgan fingerprint density at radius 2 is 2.67 bits per heavy atom. The van der Waals surface area contributed by atoms with E-state index in [0.717, 1.165) is 12.3 Å². The highest BCUT2D eigenvalue weighted by molar-refractivity contribution is 7.98. The molecule has 3 heteroatoms. The zero-order chi connectivity index (χ0) is 6.69. The van der Waals surface area contributed by atoms with E-state index >= 15 is 0 Å². The molecule has 0 aromatic heterocycles. The van der Waals surface area contributed by atoms with Gasteiger partial charge in [-0.05, 0) is 17.9 Å². The highest BCUT2D eigenvalue weighted by Crippen LogP contribution is 2.14. The molecule has 1 fully saturated rings. The fraction of sp³-hybridized carbons (Fsp3) is 0.833. The molecule has 0 aromatic rings. The van der Waals surface area contributed by atoms with Crippen LogP contribution in [-0.2, 0) is 4.79 Å². The summed E-state index contributed by atoms with van der Waals surface area (Å²) in [6, 6.07) is 0. The number of hydrogen-bond acceptors (Lipinski definition) is 2. The summed E-state index contributed by atoms with van der Waals surface area (Å²) in [7, 11) is 0. The number of amides is 1. The third kappa shape index (κ3) is 1.90. The van der Waals surface area contributed by atoms with E-state index in [0.29, 0.717) is 12.3 Å². The summed E-state index contributed by atoms with van der Waals surface area (Å²) in [5.74, 6) is 1.71. The van der Waals surface area contributed by atoms with Crippen LogP contribution in [0.4, 0.5) is 0 Å². The maximum atomic E-state index is 10.6. The van der Waals surface area contributed by atoms with Crippen LogP contribution in [0.1, 0.15) is 6.42 Å². The fourth-order valence-corrected chi connectivity index (χ4v) is 1.65. The molecule has 1 rings (SSSR count). The maximum absolute atomic E-state index is 10.6. The zero-order valence-electron chi connectivity index (χ0n) is 5.46. The summed E-state index contributed by atoms with van der Waals surface area (Å²) in [4.78, 5) is 10.6. The Morgan fingerprint density at radius 3 is 3.11 bits per heavy atom. The molecule has 0 aromatic carbocycles. The van der Waals surface area contributed by atoms with E-state index in [-0.39, 0.29) is 5.91 Å². The van der Waals surface area contributed by atoms with E-state index in [4.69, 9.17) is 0 Å². The Balaban J connectivity index is 2.22. The van der Waals surface area contributed by atoms with Gasteiger partial charge in [-0.1, -0.05) is 0 Å². The summed E-state index contributed by atoms with van der Waals surface area (Å²) in [6.07, 6.45) is 2.74. The molecule has 1 amide bonds. The van der Waals surface area contributed by atoms with Crippen LogP contribution in [0.25, 0.3) is 0 Å². The van der Waals surface area contributed by atoms with E-state index < -0.39 is 0 Å². The Kier molecular flexibility index (Phi) is 2.39. The molecule has 1 atom stereocenters. The molecule has 1 radical (unpaired) electrons. The largest absolute Gasteiger partial charge is 0.273 e. The van der Waals surface area contributed by atoms with Crippen molar-refractivity contribution in [2.45, 2.75) is 6.42 Å². The predicted molar refractivity (Wildman–Crippen MR) is 38.5 cm³/mol. The van der Waals surface area contributed by atoms with Gasteiger partial charge < -0.3 is 0 Å². The normalized spacial score (nSPS) is 26.3. The number of nitrogens with zero attached hydrogens (tertiary/aromatic N) is 1. The molecular formula is C6H10NOS. The number of hydrogen-bond donors (Lipinski definition) is 0. The van der Waals surface area contributed by atoms with Crippen LogP contribution in [0.2, 0.25) is 0 Å². The smallest absolute Gasteiger partial charge is 0.241 e. The van der Waals surface area contributed by atoms with E-state index in [1.807, 2.05) is 0 Å². The first kappa shape index (κ1) is 6.93. The lowest BCUT2D eigenvalue weighted by Gasteiger charge is -2.00. The van der Waals surface area contributed by atoms with Crippen molar-refractivity contribution < 1.29 is 4.79 Å². The number of carbonyl (C=O) groups excluding carboxylic acids is 1. The van der Waals surface area contributed by atoms with Crippen molar-refractivity contribution in [2.75, 3.05) is 18.6 Å². The lowest BCUT2D eigenvalue weighted by molar-refractivity contribution is -0.119. The quantitative estimate of drug-likeness (QED) is 0.565. The van der Waals surface area contributed by atoms with Crippen LogP contribution >= 0.6 is 11.8 Å². The minimum Gasteiger partial charge on any atom is -0.273 e. The highest BCUT2D eigenvalue weighted by Gasteiger charge is 2.21. The van der Waals surface area contributed by atoms with Gasteiger partial charge >= 0.3 is 0 Å². The van der Waals surface area contributed by atoms with Crippen molar-refractivity contribution in [3.05, 3.63) is 0 Å². The molecule has 0 saturated carbocycles. The summed E-state index contributed by atoms with van der Waals surface area (Å²) < 4.78 is 0. The first-order valence-corrected chi connectivity index (χ1v) is 4.41. The molecule has 0 spiro atoms. The van der Waals surface area contributed by atoms with Gasteiger partial charge in [0.2, 0.25) is 5.91 Å². The summed E-state index contributed by atoms with van der Waals surface area (Å²) in [6.45, 7) is 0.764. The van der Waals surface area contributed by atoms with Crippen molar-refractivity contribution in [2.24, 2.45) is 5.92 Å². The van der Waals surface area contributed by atoms with Gasteiger partial charge in [0.25, 0.3) is 0 Å². The van der Waals surface area contributed by atoms with E-state index in [1.165, 1.54) is 0 Å². The van der Waals surface area contributed by atoms with E-state index in [9.17, 15) is 4.79 Å². The Morgan fingerprint density at radius 1 is 1.89 bits per heavy atom. The Hall–Kier alpha value is -0.180. The lowest BCUT2D eigenvalue weighted by atomic mass is 10.1. The lowest BCUT2D eigenvalue weighted by Crippen LogP contribution is -2.05. The Bertz CT molecular complexity index is 116. The molecule has 51 valence electrons. The molecule has 1 saturated heterocycles. The van der Waals surface area contributed by atoms with Gasteiger partial charge in [-0.15, -0.1) is 0 Å². The van der Waals surface area contributed by atoms with Crippen LogP contribution in [0.15, 0.2) is 0 Å². The van der Waals surface area contributed by atoms with Gasteiger partial charge in [-0.2, -0.15) is 11.8 Å². The third-order valence-electron chi connectivity index (χ3n) is 1.39.